The van der Waals surface area contributed by atoms with Gasteiger partial charge in [-0.05, 0) is 24.0 Å². The molecule has 0 radical (unpaired) electrons. The highest BCUT2D eigenvalue weighted by Crippen LogP contribution is 2.24. The van der Waals surface area contributed by atoms with E-state index in [9.17, 15) is 14.4 Å². The molecular weight excluding hydrogens is 384 g/mol. The number of carbonyl (C=O) groups excluding carboxylic acids is 1. The van der Waals surface area contributed by atoms with Crippen LogP contribution in [0.5, 0.6) is 0 Å². The molecule has 0 bridgehead atoms. The van der Waals surface area contributed by atoms with Gasteiger partial charge in [0.05, 0.1) is 0 Å². The lowest BCUT2D eigenvalue weighted by Gasteiger charge is -2.14. The summed E-state index contributed by atoms with van der Waals surface area (Å²) < 4.78 is 0.600. The molecule has 30 heavy (non-hydrogen) atoms. The van der Waals surface area contributed by atoms with Crippen molar-refractivity contribution >= 4 is 11.7 Å². The standard InChI is InChI=1S/C22H22N4O4/c27-20(23-13-15-7-3-1-4-8-15)18-19(24-17-11-12-17)25-22(29)26(21(18)28)30-14-16-9-5-2-6-10-16/h1-10,17,24H,11-14H2,(H,23,27)(H,25,29). The molecule has 1 aromatic heterocycles. The number of nitrogens with one attached hydrogen (secondary N) is 3. The summed E-state index contributed by atoms with van der Waals surface area (Å²) in [6, 6.07) is 18.7. The van der Waals surface area contributed by atoms with Crippen LogP contribution in [-0.4, -0.2) is 21.7 Å². The molecule has 8 nitrogen and oxygen atoms in total. The average molecular weight is 406 g/mol. The van der Waals surface area contributed by atoms with Gasteiger partial charge in [0.2, 0.25) is 0 Å². The predicted molar refractivity (Wildman–Crippen MR) is 112 cm³/mol. The minimum atomic E-state index is -0.802. The number of benzene rings is 2. The van der Waals surface area contributed by atoms with E-state index in [1.54, 1.807) is 0 Å². The Morgan fingerprint density at radius 2 is 1.63 bits per heavy atom. The molecule has 0 spiro atoms. The van der Waals surface area contributed by atoms with Gasteiger partial charge in [-0.3, -0.25) is 14.6 Å². The van der Waals surface area contributed by atoms with Gasteiger partial charge in [0.15, 0.2) is 0 Å². The first-order chi connectivity index (χ1) is 14.6. The second kappa shape index (κ2) is 8.69. The van der Waals surface area contributed by atoms with Crippen molar-refractivity contribution in [1.29, 1.82) is 0 Å². The van der Waals surface area contributed by atoms with Gasteiger partial charge in [0, 0.05) is 12.6 Å². The van der Waals surface area contributed by atoms with E-state index < -0.39 is 17.2 Å². The molecule has 0 saturated heterocycles. The van der Waals surface area contributed by atoms with Crippen LogP contribution >= 0.6 is 0 Å². The molecule has 154 valence electrons. The molecule has 1 amide bonds. The lowest BCUT2D eigenvalue weighted by molar-refractivity contribution is 0.0764. The molecule has 1 aliphatic rings. The molecule has 1 aliphatic carbocycles. The molecule has 1 heterocycles. The maximum absolute atomic E-state index is 13.0. The van der Waals surface area contributed by atoms with E-state index in [2.05, 4.69) is 15.6 Å². The zero-order chi connectivity index (χ0) is 20.9. The second-order valence-corrected chi connectivity index (χ2v) is 7.13. The smallest absolute Gasteiger partial charge is 0.363 e. The van der Waals surface area contributed by atoms with Crippen molar-refractivity contribution in [2.24, 2.45) is 0 Å². The first kappa shape index (κ1) is 19.5. The van der Waals surface area contributed by atoms with Gasteiger partial charge in [-0.2, -0.15) is 0 Å². The van der Waals surface area contributed by atoms with E-state index in [1.807, 2.05) is 60.7 Å². The van der Waals surface area contributed by atoms with Crippen LogP contribution in [0.3, 0.4) is 0 Å². The Balaban J connectivity index is 1.61. The molecular formula is C22H22N4O4. The Kier molecular flexibility index (Phi) is 5.65. The van der Waals surface area contributed by atoms with Crippen LogP contribution in [0.2, 0.25) is 0 Å². The van der Waals surface area contributed by atoms with Crippen molar-refractivity contribution in [2.45, 2.75) is 32.0 Å². The monoisotopic (exact) mass is 406 g/mol. The first-order valence-corrected chi connectivity index (χ1v) is 9.77. The van der Waals surface area contributed by atoms with E-state index in [0.717, 1.165) is 24.0 Å². The highest BCUT2D eigenvalue weighted by Gasteiger charge is 2.27. The minimum absolute atomic E-state index is 0.0182. The maximum Gasteiger partial charge on any atom is 0.363 e. The Morgan fingerprint density at radius 3 is 2.27 bits per heavy atom. The molecule has 1 saturated carbocycles. The topological polar surface area (TPSA) is 105 Å². The van der Waals surface area contributed by atoms with Crippen LogP contribution < -0.4 is 26.7 Å². The van der Waals surface area contributed by atoms with Gasteiger partial charge >= 0.3 is 11.2 Å². The SMILES string of the molecule is O=C(NCc1ccccc1)c1c(NC2CC2)[nH]c(=O)n(OCc2ccccc2)c1=O. The number of anilines is 1. The van der Waals surface area contributed by atoms with Crippen molar-refractivity contribution in [3.8, 4) is 0 Å². The number of hydrogen-bond acceptors (Lipinski definition) is 5. The Morgan fingerprint density at radius 1 is 1.00 bits per heavy atom. The molecule has 3 N–H and O–H groups in total. The predicted octanol–water partition coefficient (Wildman–Crippen LogP) is 1.67. The molecule has 0 atom stereocenters. The van der Waals surface area contributed by atoms with Crippen LogP contribution in [0.25, 0.3) is 0 Å². The lowest BCUT2D eigenvalue weighted by Crippen LogP contribution is -2.45. The van der Waals surface area contributed by atoms with E-state index in [0.29, 0.717) is 4.73 Å². The van der Waals surface area contributed by atoms with E-state index in [1.165, 1.54) is 0 Å². The summed E-state index contributed by atoms with van der Waals surface area (Å²) in [6.07, 6.45) is 1.83. The summed E-state index contributed by atoms with van der Waals surface area (Å²) in [6.45, 7) is 0.274. The van der Waals surface area contributed by atoms with Crippen LogP contribution in [0, 0.1) is 0 Å². The van der Waals surface area contributed by atoms with Gasteiger partial charge < -0.3 is 15.5 Å². The number of aromatic amines is 1. The van der Waals surface area contributed by atoms with Gasteiger partial charge in [-0.25, -0.2) is 4.79 Å². The number of H-pyrrole nitrogens is 1. The fraction of sp³-hybridized carbons (Fsp3) is 0.227. The third-order valence-corrected chi connectivity index (χ3v) is 4.72. The molecule has 1 fully saturated rings. The van der Waals surface area contributed by atoms with Crippen LogP contribution in [0.1, 0.15) is 34.3 Å². The molecule has 0 aliphatic heterocycles. The fourth-order valence-electron chi connectivity index (χ4n) is 2.97. The third-order valence-electron chi connectivity index (χ3n) is 4.72. The number of rotatable bonds is 8. The summed E-state index contributed by atoms with van der Waals surface area (Å²) in [7, 11) is 0. The Hall–Kier alpha value is -3.81. The summed E-state index contributed by atoms with van der Waals surface area (Å²) >= 11 is 0. The summed E-state index contributed by atoms with van der Waals surface area (Å²) in [4.78, 5) is 46.3. The zero-order valence-electron chi connectivity index (χ0n) is 16.3. The van der Waals surface area contributed by atoms with Crippen LogP contribution in [0.4, 0.5) is 5.82 Å². The van der Waals surface area contributed by atoms with Crippen molar-refractivity contribution in [3.63, 3.8) is 0 Å². The average Bonchev–Trinajstić information content (AvgIpc) is 3.57. The fourth-order valence-corrected chi connectivity index (χ4v) is 2.97. The van der Waals surface area contributed by atoms with Crippen molar-refractivity contribution in [3.05, 3.63) is 98.2 Å². The van der Waals surface area contributed by atoms with E-state index in [-0.39, 0.29) is 30.6 Å². The van der Waals surface area contributed by atoms with Gasteiger partial charge in [-0.15, -0.1) is 0 Å². The lowest BCUT2D eigenvalue weighted by atomic mass is 10.2. The molecule has 2 aromatic carbocycles. The maximum atomic E-state index is 13.0. The molecule has 4 rings (SSSR count). The largest absolute Gasteiger partial charge is 0.401 e. The number of nitrogens with zero attached hydrogens (tertiary/aromatic N) is 1. The van der Waals surface area contributed by atoms with Gasteiger partial charge in [0.25, 0.3) is 5.91 Å². The van der Waals surface area contributed by atoms with Crippen LogP contribution in [-0.2, 0) is 13.2 Å². The number of aromatic nitrogens is 2. The molecule has 0 unspecified atom stereocenters. The van der Waals surface area contributed by atoms with E-state index in [4.69, 9.17) is 4.84 Å². The quantitative estimate of drug-likeness (QED) is 0.528. The second-order valence-electron chi connectivity index (χ2n) is 7.13. The summed E-state index contributed by atoms with van der Waals surface area (Å²) in [5.41, 5.74) is -0.0285. The number of carbonyl (C=O) groups is 1. The highest BCUT2D eigenvalue weighted by molar-refractivity contribution is 5.98. The van der Waals surface area contributed by atoms with Crippen molar-refractivity contribution in [2.75, 3.05) is 5.32 Å². The summed E-state index contributed by atoms with van der Waals surface area (Å²) in [5, 5.41) is 5.80. The molecule has 8 heteroatoms. The Bertz CT molecular complexity index is 1140. The normalized spacial score (nSPS) is 12.9. The zero-order valence-corrected chi connectivity index (χ0v) is 16.3. The third kappa shape index (κ3) is 4.60. The highest BCUT2D eigenvalue weighted by atomic mass is 16.7. The summed E-state index contributed by atoms with van der Waals surface area (Å²) in [5.74, 6) is -0.460. The van der Waals surface area contributed by atoms with Gasteiger partial charge in [-0.1, -0.05) is 65.4 Å². The number of hydrogen-bond donors (Lipinski definition) is 3. The van der Waals surface area contributed by atoms with Crippen molar-refractivity contribution in [1.82, 2.24) is 15.0 Å². The van der Waals surface area contributed by atoms with Gasteiger partial charge in [0.1, 0.15) is 18.0 Å². The Labute approximate surface area is 172 Å². The van der Waals surface area contributed by atoms with Crippen LogP contribution in [0.15, 0.2) is 70.3 Å². The van der Waals surface area contributed by atoms with Crippen molar-refractivity contribution < 1.29 is 9.63 Å². The molecule has 3 aromatic rings. The minimum Gasteiger partial charge on any atom is -0.401 e. The van der Waals surface area contributed by atoms with E-state index >= 15 is 0 Å². The number of amides is 1. The first-order valence-electron chi connectivity index (χ1n) is 9.77.